The summed E-state index contributed by atoms with van der Waals surface area (Å²) >= 11 is 2.54. The fraction of sp³-hybridized carbons (Fsp3) is 0.286. The van der Waals surface area contributed by atoms with Gasteiger partial charge < -0.3 is 12.9 Å². The van der Waals surface area contributed by atoms with Crippen LogP contribution in [-0.4, -0.2) is 17.6 Å². The van der Waals surface area contributed by atoms with Gasteiger partial charge in [-0.05, 0) is 30.9 Å². The molecular weight excluding hydrogens is 387 g/mol. The van der Waals surface area contributed by atoms with Crippen molar-refractivity contribution in [2.75, 3.05) is 13.2 Å². The van der Waals surface area contributed by atoms with Crippen molar-refractivity contribution in [3.63, 3.8) is 0 Å². The molecule has 10 heteroatoms. The smallest absolute Gasteiger partial charge is 0.405 e. The molecule has 1 aromatic heterocycles. The van der Waals surface area contributed by atoms with Gasteiger partial charge in [0.15, 0.2) is 0 Å². The summed E-state index contributed by atoms with van der Waals surface area (Å²) in [7, 11) is 0. The first kappa shape index (κ1) is 19.3. The number of hydrogen-bond acceptors (Lipinski definition) is 9. The Kier molecular flexibility index (Phi) is 7.62. The Morgan fingerprint density at radius 2 is 1.83 bits per heavy atom. The molecule has 0 amide bonds. The highest BCUT2D eigenvalue weighted by Gasteiger charge is 2.33. The van der Waals surface area contributed by atoms with Crippen LogP contribution in [0.2, 0.25) is 0 Å². The van der Waals surface area contributed by atoms with E-state index >= 15 is 0 Å². The highest BCUT2D eigenvalue weighted by Crippen LogP contribution is 2.70. The molecule has 0 saturated heterocycles. The number of rotatable bonds is 9. The lowest BCUT2D eigenvalue weighted by atomic mass is 10.1. The maximum absolute atomic E-state index is 12.8. The maximum atomic E-state index is 12.8. The van der Waals surface area contributed by atoms with E-state index in [9.17, 15) is 9.83 Å². The second kappa shape index (κ2) is 9.47. The van der Waals surface area contributed by atoms with E-state index < -0.39 is 5.77 Å². The second-order valence-corrected chi connectivity index (χ2v) is 11.3. The molecule has 6 nitrogen and oxygen atoms in total. The van der Waals surface area contributed by atoms with Crippen LogP contribution in [0.25, 0.3) is 10.4 Å². The quantitative estimate of drug-likeness (QED) is 0.399. The minimum atomic E-state index is -3.41. The minimum absolute atomic E-state index is 0.0316. The lowest BCUT2D eigenvalue weighted by molar-refractivity contribution is 0.397. The molecule has 0 aliphatic heterocycles. The van der Waals surface area contributed by atoms with E-state index in [0.717, 1.165) is 17.1 Å². The van der Waals surface area contributed by atoms with E-state index in [1.165, 1.54) is 0 Å². The number of benzene rings is 1. The summed E-state index contributed by atoms with van der Waals surface area (Å²) in [5.74, 6) is -3.38. The van der Waals surface area contributed by atoms with Crippen LogP contribution in [0.1, 0.15) is 19.4 Å². The van der Waals surface area contributed by atoms with Crippen LogP contribution in [0.5, 0.6) is 5.88 Å². The highest BCUT2D eigenvalue weighted by molar-refractivity contribution is 8.87. The molecular formula is C14H15N2O4PS3. The van der Waals surface area contributed by atoms with Gasteiger partial charge in [0.05, 0.1) is 18.1 Å². The third kappa shape index (κ3) is 4.99. The van der Waals surface area contributed by atoms with E-state index in [1.807, 2.05) is 30.3 Å². The average Bonchev–Trinajstić information content (AvgIpc) is 3.01. The Hall–Kier alpha value is -1.01. The van der Waals surface area contributed by atoms with Gasteiger partial charge in [0.1, 0.15) is 35.0 Å². The molecule has 128 valence electrons. The topological polar surface area (TPSA) is 81.4 Å². The van der Waals surface area contributed by atoms with Crippen LogP contribution >= 0.6 is 40.6 Å². The summed E-state index contributed by atoms with van der Waals surface area (Å²) in [6, 6.07) is 11.5. The van der Waals surface area contributed by atoms with Gasteiger partial charge in [0.25, 0.3) is 5.88 Å². The second-order valence-electron chi connectivity index (χ2n) is 4.17. The van der Waals surface area contributed by atoms with E-state index in [4.69, 9.17) is 12.9 Å². The fourth-order valence-corrected chi connectivity index (χ4v) is 6.41. The van der Waals surface area contributed by atoms with Crippen LogP contribution < -0.4 is 4.52 Å². The predicted molar refractivity (Wildman–Crippen MR) is 98.9 cm³/mol. The zero-order chi connectivity index (χ0) is 17.4. The van der Waals surface area contributed by atoms with Crippen molar-refractivity contribution < 1.29 is 17.5 Å². The minimum Gasteiger partial charge on any atom is -0.405 e. The molecule has 24 heavy (non-hydrogen) atoms. The Morgan fingerprint density at radius 3 is 2.38 bits per heavy atom. The van der Waals surface area contributed by atoms with Crippen LogP contribution in [0.3, 0.4) is 0 Å². The molecule has 0 atom stereocenters. The summed E-state index contributed by atoms with van der Waals surface area (Å²) in [4.78, 5) is 0.669. The lowest BCUT2D eigenvalue weighted by Gasteiger charge is -2.14. The zero-order valence-corrected chi connectivity index (χ0v) is 16.3. The SMILES string of the molecule is CCOSP(=O)(Oc1nsc(-c2ccccc2)c1C#N)SOCC. The molecule has 1 aromatic carbocycles. The van der Waals surface area contributed by atoms with Gasteiger partial charge in [-0.15, -0.1) is 0 Å². The Labute approximate surface area is 153 Å². The van der Waals surface area contributed by atoms with Crippen molar-refractivity contribution in [3.8, 4) is 22.4 Å². The Balaban J connectivity index is 2.29. The van der Waals surface area contributed by atoms with E-state index in [-0.39, 0.29) is 11.4 Å². The highest BCUT2D eigenvalue weighted by atomic mass is 33.1. The number of nitriles is 1. The summed E-state index contributed by atoms with van der Waals surface area (Å²) in [6.45, 7) is 4.28. The first-order valence-corrected chi connectivity index (χ1v) is 12.1. The molecule has 2 rings (SSSR count). The average molecular weight is 402 g/mol. The molecule has 0 bridgehead atoms. The molecule has 0 aliphatic carbocycles. The van der Waals surface area contributed by atoms with Crippen LogP contribution in [0.15, 0.2) is 30.3 Å². The van der Waals surface area contributed by atoms with Gasteiger partial charge >= 0.3 is 5.77 Å². The first-order valence-electron chi connectivity index (χ1n) is 7.00. The molecule has 0 spiro atoms. The molecule has 1 heterocycles. The van der Waals surface area contributed by atoms with Gasteiger partial charge in [-0.1, -0.05) is 30.3 Å². The largest absolute Gasteiger partial charge is 0.413 e. The van der Waals surface area contributed by atoms with Crippen molar-refractivity contribution in [2.45, 2.75) is 13.8 Å². The van der Waals surface area contributed by atoms with Crippen molar-refractivity contribution in [1.82, 2.24) is 4.37 Å². The third-order valence-electron chi connectivity index (χ3n) is 2.53. The van der Waals surface area contributed by atoms with Crippen molar-refractivity contribution in [2.24, 2.45) is 0 Å². The van der Waals surface area contributed by atoms with Crippen molar-refractivity contribution >= 4 is 40.6 Å². The fourth-order valence-electron chi connectivity index (χ4n) is 1.61. The summed E-state index contributed by atoms with van der Waals surface area (Å²) < 4.78 is 32.8. The van der Waals surface area contributed by atoms with Gasteiger partial charge in [-0.2, -0.15) is 9.64 Å². The van der Waals surface area contributed by atoms with E-state index in [1.54, 1.807) is 13.8 Å². The van der Waals surface area contributed by atoms with Crippen molar-refractivity contribution in [3.05, 3.63) is 35.9 Å². The maximum Gasteiger partial charge on any atom is 0.413 e. The molecule has 2 aromatic rings. The van der Waals surface area contributed by atoms with Gasteiger partial charge in [0.2, 0.25) is 0 Å². The molecule has 0 aliphatic rings. The molecule has 0 N–H and O–H groups in total. The first-order chi connectivity index (χ1) is 11.6. The number of hydrogen-bond donors (Lipinski definition) is 0. The number of aromatic nitrogens is 1. The zero-order valence-electron chi connectivity index (χ0n) is 13.0. The van der Waals surface area contributed by atoms with Crippen LogP contribution in [0.4, 0.5) is 0 Å². The normalized spacial score (nSPS) is 11.2. The van der Waals surface area contributed by atoms with Gasteiger partial charge in [-0.3, -0.25) is 0 Å². The monoisotopic (exact) mass is 402 g/mol. The summed E-state index contributed by atoms with van der Waals surface area (Å²) in [5.41, 5.74) is 1.10. The lowest BCUT2D eigenvalue weighted by Crippen LogP contribution is -1.92. The molecule has 0 fully saturated rings. The van der Waals surface area contributed by atoms with E-state index in [0.29, 0.717) is 41.4 Å². The summed E-state index contributed by atoms with van der Waals surface area (Å²) in [5, 5.41) is 9.47. The Bertz CT molecular complexity index is 736. The molecule has 0 radical (unpaired) electrons. The molecule has 0 unspecified atom stereocenters. The van der Waals surface area contributed by atoms with Gasteiger partial charge in [0, 0.05) is 0 Å². The van der Waals surface area contributed by atoms with Crippen molar-refractivity contribution in [1.29, 1.82) is 5.26 Å². The number of nitrogens with zero attached hydrogens (tertiary/aromatic N) is 2. The van der Waals surface area contributed by atoms with Gasteiger partial charge in [-0.25, -0.2) is 4.57 Å². The molecule has 0 saturated carbocycles. The van der Waals surface area contributed by atoms with Crippen LogP contribution in [0, 0.1) is 11.3 Å². The summed E-state index contributed by atoms with van der Waals surface area (Å²) in [6.07, 6.45) is 0. The standard InChI is InChI=1S/C14H15N2O4PS3/c1-3-18-23-21(17,24-19-4-2)20-14-12(10-15)13(22-16-14)11-8-6-5-7-9-11/h5-9H,3-4H2,1-2H3. The third-order valence-corrected chi connectivity index (χ3v) is 8.12. The van der Waals surface area contributed by atoms with Crippen LogP contribution in [-0.2, 0) is 12.9 Å². The Morgan fingerprint density at radius 1 is 1.21 bits per heavy atom. The predicted octanol–water partition coefficient (Wildman–Crippen LogP) is 5.54. The van der Waals surface area contributed by atoms with E-state index in [2.05, 4.69) is 10.4 Å².